The summed E-state index contributed by atoms with van der Waals surface area (Å²) in [5, 5.41) is 16.9. The van der Waals surface area contributed by atoms with Crippen LogP contribution in [0, 0.1) is 6.92 Å². The van der Waals surface area contributed by atoms with Gasteiger partial charge in [0.2, 0.25) is 5.91 Å². The molecule has 0 saturated carbocycles. The quantitative estimate of drug-likeness (QED) is 0.574. The summed E-state index contributed by atoms with van der Waals surface area (Å²) in [5.74, 6) is 0.473. The molecule has 2 heterocycles. The van der Waals surface area contributed by atoms with Crippen LogP contribution in [0.1, 0.15) is 34.7 Å². The summed E-state index contributed by atoms with van der Waals surface area (Å²) in [7, 11) is 1.81. The normalized spacial score (nSPS) is 11.8. The zero-order valence-corrected chi connectivity index (χ0v) is 17.3. The molecule has 1 aromatic carbocycles. The number of thioether (sulfide) groups is 1. The van der Waals surface area contributed by atoms with E-state index in [0.29, 0.717) is 21.7 Å². The van der Waals surface area contributed by atoms with E-state index in [1.165, 1.54) is 23.1 Å². The summed E-state index contributed by atoms with van der Waals surface area (Å²) in [6.07, 6.45) is 1.63. The van der Waals surface area contributed by atoms with Gasteiger partial charge in [-0.1, -0.05) is 29.5 Å². The van der Waals surface area contributed by atoms with Gasteiger partial charge in [-0.25, -0.2) is 4.98 Å². The van der Waals surface area contributed by atoms with Gasteiger partial charge in [0, 0.05) is 24.2 Å². The highest BCUT2D eigenvalue weighted by Gasteiger charge is 2.19. The number of hydrogen-bond acceptors (Lipinski definition) is 7. The van der Waals surface area contributed by atoms with Crippen molar-refractivity contribution in [1.82, 2.24) is 25.1 Å². The van der Waals surface area contributed by atoms with E-state index in [4.69, 9.17) is 0 Å². The van der Waals surface area contributed by atoms with Crippen molar-refractivity contribution in [3.05, 3.63) is 52.8 Å². The van der Waals surface area contributed by atoms with E-state index in [1.807, 2.05) is 39.1 Å². The van der Waals surface area contributed by atoms with Crippen molar-refractivity contribution in [2.75, 3.05) is 11.1 Å². The fraction of sp³-hybridized carbons (Fsp3) is 0.278. The SMILES string of the molecule is Cc1cccc(C(=O)N[C@H](C)c2nnc(SCC(=O)Nc3nccs3)n2C)c1. The van der Waals surface area contributed by atoms with E-state index >= 15 is 0 Å². The van der Waals surface area contributed by atoms with E-state index in [-0.39, 0.29) is 23.6 Å². The van der Waals surface area contributed by atoms with Gasteiger partial charge in [-0.15, -0.1) is 21.5 Å². The number of hydrogen-bond donors (Lipinski definition) is 2. The number of carbonyl (C=O) groups excluding carboxylic acids is 2. The molecule has 28 heavy (non-hydrogen) atoms. The average molecular weight is 417 g/mol. The van der Waals surface area contributed by atoms with Gasteiger partial charge in [0.25, 0.3) is 5.91 Å². The standard InChI is InChI=1S/C18H20N6O2S2/c1-11-5-4-6-13(9-11)16(26)20-12(2)15-22-23-18(24(15)3)28-10-14(25)21-17-19-7-8-27-17/h4-9,12H,10H2,1-3H3,(H,20,26)(H,19,21,25)/t12-/m1/s1. The molecule has 3 rings (SSSR count). The highest BCUT2D eigenvalue weighted by molar-refractivity contribution is 7.99. The fourth-order valence-electron chi connectivity index (χ4n) is 2.53. The molecule has 3 aromatic rings. The summed E-state index contributed by atoms with van der Waals surface area (Å²) < 4.78 is 1.78. The van der Waals surface area contributed by atoms with Gasteiger partial charge in [-0.05, 0) is 26.0 Å². The first-order valence-electron chi connectivity index (χ1n) is 8.53. The smallest absolute Gasteiger partial charge is 0.251 e. The molecule has 0 bridgehead atoms. The molecule has 146 valence electrons. The van der Waals surface area contributed by atoms with Crippen molar-refractivity contribution in [1.29, 1.82) is 0 Å². The molecule has 0 unspecified atom stereocenters. The van der Waals surface area contributed by atoms with Crippen LogP contribution < -0.4 is 10.6 Å². The minimum absolute atomic E-state index is 0.162. The Hall–Kier alpha value is -2.72. The maximum absolute atomic E-state index is 12.4. The number of aromatic nitrogens is 4. The topological polar surface area (TPSA) is 102 Å². The first-order chi connectivity index (χ1) is 13.4. The van der Waals surface area contributed by atoms with Crippen LogP contribution in [0.3, 0.4) is 0 Å². The van der Waals surface area contributed by atoms with Gasteiger partial charge < -0.3 is 15.2 Å². The molecule has 0 saturated heterocycles. The summed E-state index contributed by atoms with van der Waals surface area (Å²) in [6.45, 7) is 3.79. The largest absolute Gasteiger partial charge is 0.342 e. The third-order valence-electron chi connectivity index (χ3n) is 3.89. The Kier molecular flexibility index (Phi) is 6.42. The second-order valence-corrected chi connectivity index (χ2v) is 7.98. The minimum Gasteiger partial charge on any atom is -0.342 e. The Morgan fingerprint density at radius 1 is 1.32 bits per heavy atom. The second kappa shape index (κ2) is 8.98. The van der Waals surface area contributed by atoms with E-state index in [2.05, 4.69) is 25.8 Å². The van der Waals surface area contributed by atoms with Gasteiger partial charge in [-0.2, -0.15) is 0 Å². The molecule has 0 fully saturated rings. The van der Waals surface area contributed by atoms with Crippen molar-refractivity contribution in [3.63, 3.8) is 0 Å². The van der Waals surface area contributed by atoms with E-state index < -0.39 is 0 Å². The van der Waals surface area contributed by atoms with Crippen molar-refractivity contribution in [2.45, 2.75) is 25.0 Å². The van der Waals surface area contributed by atoms with Crippen LogP contribution in [0.5, 0.6) is 0 Å². The summed E-state index contributed by atoms with van der Waals surface area (Å²) in [6, 6.07) is 7.07. The molecule has 2 amide bonds. The number of nitrogens with zero attached hydrogens (tertiary/aromatic N) is 4. The van der Waals surface area contributed by atoms with E-state index in [0.717, 1.165) is 5.56 Å². The number of anilines is 1. The zero-order chi connectivity index (χ0) is 20.1. The lowest BCUT2D eigenvalue weighted by Gasteiger charge is -2.14. The van der Waals surface area contributed by atoms with E-state index in [1.54, 1.807) is 22.2 Å². The summed E-state index contributed by atoms with van der Waals surface area (Å²) >= 11 is 2.64. The first kappa shape index (κ1) is 20.0. The molecule has 8 nitrogen and oxygen atoms in total. The molecule has 10 heteroatoms. The highest BCUT2D eigenvalue weighted by Crippen LogP contribution is 2.20. The van der Waals surface area contributed by atoms with Gasteiger partial charge in [0.1, 0.15) is 0 Å². The Labute approximate surface area is 170 Å². The van der Waals surface area contributed by atoms with Crippen molar-refractivity contribution >= 4 is 40.0 Å². The number of nitrogens with one attached hydrogen (secondary N) is 2. The average Bonchev–Trinajstić information content (AvgIpc) is 3.29. The third kappa shape index (κ3) is 4.96. The van der Waals surface area contributed by atoms with Crippen molar-refractivity contribution in [3.8, 4) is 0 Å². The van der Waals surface area contributed by atoms with Crippen LogP contribution in [-0.2, 0) is 11.8 Å². The predicted molar refractivity (Wildman–Crippen MR) is 110 cm³/mol. The number of thiazole rings is 1. The van der Waals surface area contributed by atoms with Crippen molar-refractivity contribution < 1.29 is 9.59 Å². The van der Waals surface area contributed by atoms with E-state index in [9.17, 15) is 9.59 Å². The molecule has 2 N–H and O–H groups in total. The van der Waals surface area contributed by atoms with Crippen LogP contribution in [0.2, 0.25) is 0 Å². The molecule has 0 spiro atoms. The molecular weight excluding hydrogens is 396 g/mol. The van der Waals surface area contributed by atoms with Gasteiger partial charge >= 0.3 is 0 Å². The molecule has 0 aliphatic rings. The molecule has 0 aliphatic carbocycles. The molecule has 2 aromatic heterocycles. The van der Waals surface area contributed by atoms with Crippen LogP contribution >= 0.6 is 23.1 Å². The number of benzene rings is 1. The summed E-state index contributed by atoms with van der Waals surface area (Å²) in [4.78, 5) is 28.4. The molecular formula is C18H20N6O2S2. The summed E-state index contributed by atoms with van der Waals surface area (Å²) in [5.41, 5.74) is 1.62. The first-order valence-corrected chi connectivity index (χ1v) is 10.4. The van der Waals surface area contributed by atoms with Gasteiger partial charge in [-0.3, -0.25) is 9.59 Å². The lowest BCUT2D eigenvalue weighted by atomic mass is 10.1. The monoisotopic (exact) mass is 416 g/mol. The molecule has 0 aliphatic heterocycles. The Bertz CT molecular complexity index is 970. The van der Waals surface area contributed by atoms with Crippen LogP contribution in [0.4, 0.5) is 5.13 Å². The lowest BCUT2D eigenvalue weighted by molar-refractivity contribution is -0.113. The van der Waals surface area contributed by atoms with Crippen LogP contribution in [-0.4, -0.2) is 37.3 Å². The Morgan fingerprint density at radius 2 is 2.14 bits per heavy atom. The molecule has 0 radical (unpaired) electrons. The minimum atomic E-state index is -0.330. The second-order valence-electron chi connectivity index (χ2n) is 6.14. The number of amides is 2. The third-order valence-corrected chi connectivity index (χ3v) is 5.60. The number of carbonyl (C=O) groups is 2. The zero-order valence-electron chi connectivity index (χ0n) is 15.7. The van der Waals surface area contributed by atoms with Crippen molar-refractivity contribution in [2.24, 2.45) is 7.05 Å². The fourth-order valence-corrected chi connectivity index (χ4v) is 3.79. The van der Waals surface area contributed by atoms with Gasteiger partial charge in [0.05, 0.1) is 11.8 Å². The maximum atomic E-state index is 12.4. The molecule has 1 atom stereocenters. The Morgan fingerprint density at radius 3 is 2.86 bits per heavy atom. The Balaban J connectivity index is 1.58. The highest BCUT2D eigenvalue weighted by atomic mass is 32.2. The maximum Gasteiger partial charge on any atom is 0.251 e. The van der Waals surface area contributed by atoms with Crippen LogP contribution in [0.25, 0.3) is 0 Å². The number of aryl methyl sites for hydroxylation is 1. The predicted octanol–water partition coefficient (Wildman–Crippen LogP) is 2.80. The van der Waals surface area contributed by atoms with Gasteiger partial charge in [0.15, 0.2) is 16.1 Å². The van der Waals surface area contributed by atoms with Crippen LogP contribution in [0.15, 0.2) is 41.0 Å². The lowest BCUT2D eigenvalue weighted by Crippen LogP contribution is -2.28. The number of rotatable bonds is 7.